The van der Waals surface area contributed by atoms with Crippen molar-refractivity contribution >= 4 is 21.5 Å². The van der Waals surface area contributed by atoms with E-state index in [-0.39, 0.29) is 11.2 Å². The molecule has 0 aromatic heterocycles. The summed E-state index contributed by atoms with van der Waals surface area (Å²) < 4.78 is 12.5. The summed E-state index contributed by atoms with van der Waals surface area (Å²) in [4.78, 5) is 0. The first-order chi connectivity index (χ1) is 45.1. The zero-order valence-electron chi connectivity index (χ0n) is 64.4. The third kappa shape index (κ3) is 36.3. The molecule has 0 saturated heterocycles. The minimum Gasteiger partial charge on any atom is -0.207 e. The van der Waals surface area contributed by atoms with Crippen molar-refractivity contribution < 1.29 is 4.39 Å². The van der Waals surface area contributed by atoms with Crippen LogP contribution in [-0.2, 0) is 44.9 Å². The lowest BCUT2D eigenvalue weighted by Crippen LogP contribution is -2.09. The van der Waals surface area contributed by atoms with Crippen molar-refractivity contribution in [1.29, 1.82) is 5.26 Å². The van der Waals surface area contributed by atoms with Crippen LogP contribution in [0.3, 0.4) is 0 Å². The third-order valence-corrected chi connectivity index (χ3v) is 15.4. The summed E-state index contributed by atoms with van der Waals surface area (Å²) in [6.07, 6.45) is 7.76. The Balaban J connectivity index is 0.000000242. The molecule has 10 aromatic carbocycles. The molecule has 0 N–H and O–H groups in total. The zero-order chi connectivity index (χ0) is 72.3. The Labute approximate surface area is 591 Å². The van der Waals surface area contributed by atoms with Crippen LogP contribution in [0.25, 0.3) is 32.7 Å². The Morgan fingerprint density at radius 2 is 0.608 bits per heavy atom. The van der Waals surface area contributed by atoms with E-state index >= 15 is 0 Å². The molecular weight excluding hydrogens is 1170 g/mol. The highest BCUT2D eigenvalue weighted by atomic mass is 19.1. The largest absolute Gasteiger partial charge is 0.207 e. The van der Waals surface area contributed by atoms with Gasteiger partial charge in [-0.05, 0) is 190 Å². The van der Waals surface area contributed by atoms with Crippen LogP contribution in [0.2, 0.25) is 0 Å². The number of nitriles is 1. The molecule has 0 radical (unpaired) electrons. The standard InChI is InChI=1S/C17H20.2C15H18.C14H22.C12H15N.C11H15F.C11H16/c1-17(2,3)13-14-9-11-16(12-10-14)15-7-5-4-6-8-15;1-15(2,3)11-13-9-6-8-12-7-4-5-10-14(12)13;1-15(2,3)11-12-8-9-13-6-4-5-7-14(13)10-12;1-11(2)13-8-6-12(7-9-13)10-14(3,4)5;1-12(2,3)8-10-4-6-11(9-13)7-5-10;1-11(2,3)8-9-4-6-10(12)7-5-9;1-11(2,3)9-10-7-5-4-6-8-10/h4-12H,13H2,1-3H3;2*4-10H,11H2,1-3H3;6-9,11H,10H2,1-5H3;4-7H,8H2,1-3H3;4-7H,8H2,1-3H3;4-8H,9H2,1-3H3. The van der Waals surface area contributed by atoms with Gasteiger partial charge in [-0.1, -0.05) is 378 Å². The van der Waals surface area contributed by atoms with Crippen molar-refractivity contribution in [2.45, 2.75) is 210 Å². The third-order valence-electron chi connectivity index (χ3n) is 15.4. The molecule has 0 aliphatic carbocycles. The van der Waals surface area contributed by atoms with Crippen LogP contribution >= 0.6 is 0 Å². The van der Waals surface area contributed by atoms with Crippen molar-refractivity contribution in [3.05, 3.63) is 299 Å². The fourth-order valence-corrected chi connectivity index (χ4v) is 11.4. The summed E-state index contributed by atoms with van der Waals surface area (Å²) in [6, 6.07) is 86.3. The molecule has 97 heavy (non-hydrogen) atoms. The summed E-state index contributed by atoms with van der Waals surface area (Å²) >= 11 is 0. The lowest BCUT2D eigenvalue weighted by molar-refractivity contribution is 0.410. The van der Waals surface area contributed by atoms with Crippen LogP contribution in [0, 0.1) is 55.1 Å². The van der Waals surface area contributed by atoms with E-state index in [1.165, 1.54) is 89.3 Å². The zero-order valence-corrected chi connectivity index (χ0v) is 64.4. The molecule has 0 aliphatic rings. The summed E-state index contributed by atoms with van der Waals surface area (Å²) in [5.41, 5.74) is 16.9. The van der Waals surface area contributed by atoms with Crippen molar-refractivity contribution in [2.75, 3.05) is 0 Å². The Hall–Kier alpha value is -7.86. The first-order valence-corrected chi connectivity index (χ1v) is 35.5. The molecule has 0 amide bonds. The molecule has 0 saturated carbocycles. The van der Waals surface area contributed by atoms with E-state index in [9.17, 15) is 4.39 Å². The predicted molar refractivity (Wildman–Crippen MR) is 426 cm³/mol. The van der Waals surface area contributed by atoms with Gasteiger partial charge in [-0.25, -0.2) is 4.39 Å². The van der Waals surface area contributed by atoms with Crippen LogP contribution in [0.4, 0.5) is 4.39 Å². The van der Waals surface area contributed by atoms with Crippen LogP contribution in [0.5, 0.6) is 0 Å². The molecular formula is C95H124FN. The van der Waals surface area contributed by atoms with E-state index in [2.05, 4.69) is 359 Å². The van der Waals surface area contributed by atoms with E-state index in [1.807, 2.05) is 36.4 Å². The predicted octanol–water partition coefficient (Wildman–Crippen LogP) is 28.0. The molecule has 516 valence electrons. The van der Waals surface area contributed by atoms with Gasteiger partial charge in [0.15, 0.2) is 0 Å². The lowest BCUT2D eigenvalue weighted by Gasteiger charge is -2.19. The van der Waals surface area contributed by atoms with Crippen LogP contribution in [-0.4, -0.2) is 0 Å². The summed E-state index contributed by atoms with van der Waals surface area (Å²) in [5.74, 6) is 0.478. The molecule has 0 atom stereocenters. The maximum absolute atomic E-state index is 12.5. The molecule has 10 rings (SSSR count). The highest BCUT2D eigenvalue weighted by Crippen LogP contribution is 2.30. The molecule has 0 aliphatic heterocycles. The maximum atomic E-state index is 12.5. The van der Waals surface area contributed by atoms with Crippen molar-refractivity contribution in [1.82, 2.24) is 0 Å². The van der Waals surface area contributed by atoms with Gasteiger partial charge in [0.1, 0.15) is 5.82 Å². The van der Waals surface area contributed by atoms with Gasteiger partial charge < -0.3 is 0 Å². The quantitative estimate of drug-likeness (QED) is 0.141. The van der Waals surface area contributed by atoms with E-state index in [1.54, 1.807) is 0 Å². The van der Waals surface area contributed by atoms with Gasteiger partial charge in [0.05, 0.1) is 11.6 Å². The second kappa shape index (κ2) is 37.8. The highest BCUT2D eigenvalue weighted by Gasteiger charge is 2.17. The maximum Gasteiger partial charge on any atom is 0.123 e. The number of nitrogens with zero attached hydrogens (tertiary/aromatic N) is 1. The Kier molecular flexibility index (Phi) is 31.7. The average molecular weight is 1300 g/mol. The molecule has 0 heterocycles. The van der Waals surface area contributed by atoms with E-state index < -0.39 is 0 Å². The normalized spacial score (nSPS) is 11.7. The fraction of sp³-hybridized carbons (Fsp3) is 0.400. The molecule has 0 bridgehead atoms. The number of fused-ring (bicyclic) bond motifs is 2. The second-order valence-corrected chi connectivity index (χ2v) is 35.4. The SMILES string of the molecule is CC(C)(C)Cc1ccc(-c2ccccc2)cc1.CC(C)(C)Cc1ccc(C#N)cc1.CC(C)(C)Cc1ccc(F)cc1.CC(C)(C)Cc1ccc2ccccc2c1.CC(C)(C)Cc1cccc2ccccc12.CC(C)(C)Cc1ccccc1.CC(C)c1ccc(CC(C)(C)C)cc1. The van der Waals surface area contributed by atoms with Gasteiger partial charge in [-0.15, -0.1) is 0 Å². The van der Waals surface area contributed by atoms with E-state index in [4.69, 9.17) is 5.26 Å². The van der Waals surface area contributed by atoms with E-state index in [0.717, 1.165) is 50.5 Å². The molecule has 1 nitrogen and oxygen atoms in total. The van der Waals surface area contributed by atoms with Crippen molar-refractivity contribution in [3.8, 4) is 17.2 Å². The topological polar surface area (TPSA) is 23.8 Å². The summed E-state index contributed by atoms with van der Waals surface area (Å²) in [6.45, 7) is 51.8. The lowest BCUT2D eigenvalue weighted by atomic mass is 9.86. The fourth-order valence-electron chi connectivity index (χ4n) is 11.4. The first kappa shape index (κ1) is 81.6. The smallest absolute Gasteiger partial charge is 0.123 e. The number of benzene rings is 10. The second-order valence-electron chi connectivity index (χ2n) is 35.4. The number of hydrogen-bond donors (Lipinski definition) is 0. The molecule has 0 unspecified atom stereocenters. The molecule has 10 aromatic rings. The summed E-state index contributed by atoms with van der Waals surface area (Å²) in [5, 5.41) is 14.0. The number of halogens is 1. The van der Waals surface area contributed by atoms with Crippen molar-refractivity contribution in [3.63, 3.8) is 0 Å². The van der Waals surface area contributed by atoms with Crippen LogP contribution < -0.4 is 0 Å². The van der Waals surface area contributed by atoms with Gasteiger partial charge in [0.2, 0.25) is 0 Å². The van der Waals surface area contributed by atoms with Crippen LogP contribution in [0.1, 0.15) is 215 Å². The van der Waals surface area contributed by atoms with Crippen LogP contribution in [0.15, 0.2) is 243 Å². The average Bonchev–Trinajstić information content (AvgIpc) is 0.948. The number of hydrogen-bond acceptors (Lipinski definition) is 1. The molecule has 0 fully saturated rings. The summed E-state index contributed by atoms with van der Waals surface area (Å²) in [7, 11) is 0. The van der Waals surface area contributed by atoms with Gasteiger partial charge >= 0.3 is 0 Å². The minimum atomic E-state index is -0.160. The van der Waals surface area contributed by atoms with Gasteiger partial charge in [0, 0.05) is 0 Å². The minimum absolute atomic E-state index is 0.160. The number of rotatable bonds is 9. The molecule has 0 spiro atoms. The molecule has 2 heteroatoms. The van der Waals surface area contributed by atoms with Gasteiger partial charge in [-0.2, -0.15) is 5.26 Å². The van der Waals surface area contributed by atoms with Gasteiger partial charge in [-0.3, -0.25) is 0 Å². The Morgan fingerprint density at radius 3 is 1.03 bits per heavy atom. The Bertz CT molecular complexity index is 3840. The van der Waals surface area contributed by atoms with Gasteiger partial charge in [0.25, 0.3) is 0 Å². The first-order valence-electron chi connectivity index (χ1n) is 35.5. The van der Waals surface area contributed by atoms with Crippen molar-refractivity contribution in [2.24, 2.45) is 37.9 Å². The Morgan fingerprint density at radius 1 is 0.289 bits per heavy atom. The van der Waals surface area contributed by atoms with E-state index in [0.29, 0.717) is 38.4 Å². The highest BCUT2D eigenvalue weighted by molar-refractivity contribution is 5.86. The monoisotopic (exact) mass is 1300 g/mol.